The number of hydrogen-bond donors (Lipinski definition) is 0. The summed E-state index contributed by atoms with van der Waals surface area (Å²) in [6.45, 7) is 6.14. The normalized spacial score (nSPS) is 10.2. The molecule has 0 aliphatic heterocycles. The summed E-state index contributed by atoms with van der Waals surface area (Å²) in [7, 11) is 0. The fourth-order valence-corrected chi connectivity index (χ4v) is 1.71. The van der Waals surface area contributed by atoms with Gasteiger partial charge < -0.3 is 4.90 Å². The zero-order valence-corrected chi connectivity index (χ0v) is 9.59. The predicted molar refractivity (Wildman–Crippen MR) is 62.2 cm³/mol. The number of halogens is 1. The van der Waals surface area contributed by atoms with Gasteiger partial charge in [0, 0.05) is 25.2 Å². The van der Waals surface area contributed by atoms with Crippen molar-refractivity contribution in [2.24, 2.45) is 0 Å². The van der Waals surface area contributed by atoms with Gasteiger partial charge in [-0.15, -0.1) is 11.6 Å². The molecule has 14 heavy (non-hydrogen) atoms. The average molecular weight is 213 g/mol. The molecule has 1 aromatic heterocycles. The lowest BCUT2D eigenvalue weighted by molar-refractivity contribution is 0.777. The van der Waals surface area contributed by atoms with Crippen LogP contribution < -0.4 is 4.90 Å². The molecule has 0 aliphatic carbocycles. The zero-order chi connectivity index (χ0) is 10.4. The number of anilines is 1. The van der Waals surface area contributed by atoms with Gasteiger partial charge in [0.25, 0.3) is 0 Å². The van der Waals surface area contributed by atoms with Gasteiger partial charge >= 0.3 is 0 Å². The first-order chi connectivity index (χ1) is 6.79. The van der Waals surface area contributed by atoms with Crippen LogP contribution in [0.3, 0.4) is 0 Å². The topological polar surface area (TPSA) is 16.1 Å². The largest absolute Gasteiger partial charge is 0.355 e. The van der Waals surface area contributed by atoms with Crippen molar-refractivity contribution in [2.45, 2.75) is 20.3 Å². The zero-order valence-electron chi connectivity index (χ0n) is 8.83. The van der Waals surface area contributed by atoms with Crippen LogP contribution in [0.2, 0.25) is 0 Å². The van der Waals surface area contributed by atoms with Gasteiger partial charge in [0.05, 0.1) is 0 Å². The molecule has 0 spiro atoms. The van der Waals surface area contributed by atoms with Crippen LogP contribution in [0.5, 0.6) is 0 Å². The molecule has 0 fully saturated rings. The van der Waals surface area contributed by atoms with Crippen LogP contribution in [-0.2, 0) is 0 Å². The molecule has 0 aliphatic rings. The van der Waals surface area contributed by atoms with Crippen LogP contribution in [0.1, 0.15) is 18.9 Å². The summed E-state index contributed by atoms with van der Waals surface area (Å²) in [5, 5.41) is 0. The number of alkyl halides is 1. The first-order valence-corrected chi connectivity index (χ1v) is 5.55. The minimum Gasteiger partial charge on any atom is -0.355 e. The van der Waals surface area contributed by atoms with E-state index in [1.165, 1.54) is 5.56 Å². The summed E-state index contributed by atoms with van der Waals surface area (Å²) >= 11 is 5.76. The Morgan fingerprint density at radius 1 is 1.43 bits per heavy atom. The molecule has 0 aromatic carbocycles. The Balaban J connectivity index is 2.81. The van der Waals surface area contributed by atoms with Crippen LogP contribution in [0, 0.1) is 6.92 Å². The molecule has 0 saturated heterocycles. The molecule has 1 aromatic rings. The van der Waals surface area contributed by atoms with Crippen molar-refractivity contribution in [3.05, 3.63) is 23.9 Å². The van der Waals surface area contributed by atoms with E-state index in [0.717, 1.165) is 25.3 Å². The van der Waals surface area contributed by atoms with Crippen molar-refractivity contribution in [1.29, 1.82) is 0 Å². The highest BCUT2D eigenvalue weighted by atomic mass is 35.5. The minimum atomic E-state index is 0.649. The van der Waals surface area contributed by atoms with Gasteiger partial charge in [0.1, 0.15) is 5.82 Å². The van der Waals surface area contributed by atoms with Crippen LogP contribution in [0.25, 0.3) is 0 Å². The Labute approximate surface area is 90.9 Å². The van der Waals surface area contributed by atoms with E-state index in [-0.39, 0.29) is 0 Å². The number of rotatable bonds is 5. The second-order valence-electron chi connectivity index (χ2n) is 3.32. The van der Waals surface area contributed by atoms with Crippen LogP contribution in [0.4, 0.5) is 5.82 Å². The number of aromatic nitrogens is 1. The van der Waals surface area contributed by atoms with Crippen molar-refractivity contribution in [1.82, 2.24) is 4.98 Å². The molecular weight excluding hydrogens is 196 g/mol. The van der Waals surface area contributed by atoms with Crippen molar-refractivity contribution in [3.63, 3.8) is 0 Å². The minimum absolute atomic E-state index is 0.649. The summed E-state index contributed by atoms with van der Waals surface area (Å²) < 4.78 is 0. The van der Waals surface area contributed by atoms with E-state index in [2.05, 4.69) is 29.8 Å². The third-order valence-corrected chi connectivity index (χ3v) is 2.30. The third-order valence-electron chi connectivity index (χ3n) is 2.13. The summed E-state index contributed by atoms with van der Waals surface area (Å²) in [6, 6.07) is 4.04. The molecule has 0 amide bonds. The van der Waals surface area contributed by atoms with Gasteiger partial charge in [0.15, 0.2) is 0 Å². The summed E-state index contributed by atoms with van der Waals surface area (Å²) in [6.07, 6.45) is 2.95. The number of pyridine rings is 1. The van der Waals surface area contributed by atoms with Gasteiger partial charge in [-0.2, -0.15) is 0 Å². The predicted octanol–water partition coefficient (Wildman–Crippen LogP) is 2.85. The second kappa shape index (κ2) is 5.86. The lowest BCUT2D eigenvalue weighted by Gasteiger charge is -2.23. The molecule has 0 radical (unpaired) electrons. The van der Waals surface area contributed by atoms with Crippen LogP contribution in [-0.4, -0.2) is 24.0 Å². The highest BCUT2D eigenvalue weighted by molar-refractivity contribution is 6.18. The van der Waals surface area contributed by atoms with Crippen LogP contribution in [0.15, 0.2) is 18.3 Å². The Morgan fingerprint density at radius 3 is 2.79 bits per heavy atom. The van der Waals surface area contributed by atoms with E-state index in [0.29, 0.717) is 5.88 Å². The molecule has 3 heteroatoms. The molecule has 0 atom stereocenters. The van der Waals surface area contributed by atoms with Crippen molar-refractivity contribution >= 4 is 17.4 Å². The van der Waals surface area contributed by atoms with Crippen molar-refractivity contribution < 1.29 is 0 Å². The maximum atomic E-state index is 5.76. The molecule has 0 N–H and O–H groups in total. The molecule has 2 nitrogen and oxygen atoms in total. The second-order valence-corrected chi connectivity index (χ2v) is 3.70. The molecule has 0 saturated carbocycles. The van der Waals surface area contributed by atoms with E-state index < -0.39 is 0 Å². The highest BCUT2D eigenvalue weighted by Crippen LogP contribution is 2.15. The Hall–Kier alpha value is -0.760. The average Bonchev–Trinajstić information content (AvgIpc) is 2.18. The fraction of sp³-hybridized carbons (Fsp3) is 0.545. The Bertz CT molecular complexity index is 270. The number of nitrogens with zero attached hydrogens (tertiary/aromatic N) is 2. The van der Waals surface area contributed by atoms with Crippen molar-refractivity contribution in [2.75, 3.05) is 23.9 Å². The maximum absolute atomic E-state index is 5.76. The van der Waals surface area contributed by atoms with E-state index in [4.69, 9.17) is 11.6 Å². The summed E-state index contributed by atoms with van der Waals surface area (Å²) in [4.78, 5) is 6.62. The van der Waals surface area contributed by atoms with Gasteiger partial charge in [-0.3, -0.25) is 0 Å². The summed E-state index contributed by atoms with van der Waals surface area (Å²) in [5.74, 6) is 1.71. The molecular formula is C11H17ClN2. The third kappa shape index (κ3) is 2.88. The van der Waals surface area contributed by atoms with Gasteiger partial charge in [-0.1, -0.05) is 13.0 Å². The lowest BCUT2D eigenvalue weighted by Crippen LogP contribution is -2.27. The first kappa shape index (κ1) is 11.3. The molecule has 0 unspecified atom stereocenters. The van der Waals surface area contributed by atoms with Crippen molar-refractivity contribution in [3.8, 4) is 0 Å². The highest BCUT2D eigenvalue weighted by Gasteiger charge is 2.07. The lowest BCUT2D eigenvalue weighted by atomic mass is 10.2. The molecule has 1 rings (SSSR count). The molecule has 78 valence electrons. The first-order valence-electron chi connectivity index (χ1n) is 5.02. The Kier molecular flexibility index (Phi) is 4.74. The van der Waals surface area contributed by atoms with Gasteiger partial charge in [-0.05, 0) is 25.0 Å². The smallest absolute Gasteiger partial charge is 0.131 e. The van der Waals surface area contributed by atoms with E-state index in [1.807, 2.05) is 12.3 Å². The van der Waals surface area contributed by atoms with E-state index >= 15 is 0 Å². The SMILES string of the molecule is CCCN(CCCl)c1ncccc1C. The van der Waals surface area contributed by atoms with Gasteiger partial charge in [0.2, 0.25) is 0 Å². The maximum Gasteiger partial charge on any atom is 0.131 e. The quantitative estimate of drug-likeness (QED) is 0.698. The van der Waals surface area contributed by atoms with E-state index in [1.54, 1.807) is 0 Å². The van der Waals surface area contributed by atoms with E-state index in [9.17, 15) is 0 Å². The van der Waals surface area contributed by atoms with Crippen LogP contribution >= 0.6 is 11.6 Å². The number of hydrogen-bond acceptors (Lipinski definition) is 2. The standard InChI is InChI=1S/C11H17ClN2/c1-3-8-14(9-6-12)11-10(2)5-4-7-13-11/h4-5,7H,3,6,8-9H2,1-2H3. The molecule has 1 heterocycles. The fourth-order valence-electron chi connectivity index (χ4n) is 1.50. The summed E-state index contributed by atoms with van der Waals surface area (Å²) in [5.41, 5.74) is 1.21. The van der Waals surface area contributed by atoms with Gasteiger partial charge in [-0.25, -0.2) is 4.98 Å². The Morgan fingerprint density at radius 2 is 2.21 bits per heavy atom. The monoisotopic (exact) mass is 212 g/mol. The molecule has 0 bridgehead atoms. The number of aryl methyl sites for hydroxylation is 1.